The van der Waals surface area contributed by atoms with E-state index in [0.29, 0.717) is 6.54 Å². The molecule has 2 heterocycles. The lowest BCUT2D eigenvalue weighted by Gasteiger charge is -2.21. The van der Waals surface area contributed by atoms with Crippen LogP contribution in [0, 0.1) is 0 Å². The first kappa shape index (κ1) is 20.5. The van der Waals surface area contributed by atoms with E-state index in [4.69, 9.17) is 11.6 Å². The van der Waals surface area contributed by atoms with Crippen molar-refractivity contribution in [2.24, 2.45) is 12.0 Å². The van der Waals surface area contributed by atoms with Crippen LogP contribution in [0.15, 0.2) is 35.7 Å². The maximum Gasteiger partial charge on any atom is 0.193 e. The molecule has 3 rings (SSSR count). The maximum absolute atomic E-state index is 6.11. The van der Waals surface area contributed by atoms with Crippen LogP contribution < -0.4 is 5.32 Å². The van der Waals surface area contributed by atoms with Gasteiger partial charge in [0.1, 0.15) is 12.2 Å². The average molecular weight is 488 g/mol. The molecule has 26 heavy (non-hydrogen) atoms. The normalized spacial score (nSPS) is 11.5. The van der Waals surface area contributed by atoms with Crippen molar-refractivity contribution in [3.63, 3.8) is 0 Å². The number of nitrogens with one attached hydrogen (secondary N) is 2. The quantitative estimate of drug-likeness (QED) is 0.330. The molecule has 0 saturated carbocycles. The number of aliphatic imine (C=N–C) groups is 1. The van der Waals surface area contributed by atoms with Gasteiger partial charge < -0.3 is 15.2 Å². The molecule has 0 amide bonds. The van der Waals surface area contributed by atoms with E-state index in [-0.39, 0.29) is 24.0 Å². The summed E-state index contributed by atoms with van der Waals surface area (Å²) in [4.78, 5) is 13.9. The van der Waals surface area contributed by atoms with Gasteiger partial charge in [-0.2, -0.15) is 5.10 Å². The number of hydrogen-bond acceptors (Lipinski definition) is 3. The Hall–Kier alpha value is -1.81. The van der Waals surface area contributed by atoms with Crippen molar-refractivity contribution >= 4 is 52.4 Å². The summed E-state index contributed by atoms with van der Waals surface area (Å²) in [5, 5.41) is 9.40. The number of aryl methyl sites for hydroxylation is 1. The Labute approximate surface area is 174 Å². The standard InChI is InChI=1S/C17H22ClN7.HI/c1-19-17(24(2)10-16-22-11-23-25(16)3)20-7-6-12-9-21-15-5-4-13(18)8-14(12)15;/h4-5,8-9,11,21H,6-7,10H2,1-3H3,(H,19,20);1H. The lowest BCUT2D eigenvalue weighted by Crippen LogP contribution is -2.39. The fraction of sp³-hybridized carbons (Fsp3) is 0.353. The number of aromatic nitrogens is 4. The SMILES string of the molecule is CN=C(NCCc1c[nH]c2ccc(Cl)cc12)N(C)Cc1ncnn1C.I. The van der Waals surface area contributed by atoms with Gasteiger partial charge in [-0.05, 0) is 30.2 Å². The third-order valence-corrected chi connectivity index (χ3v) is 4.40. The summed E-state index contributed by atoms with van der Waals surface area (Å²) in [5.41, 5.74) is 2.33. The Kier molecular flexibility index (Phi) is 7.27. The summed E-state index contributed by atoms with van der Waals surface area (Å²) >= 11 is 6.11. The van der Waals surface area contributed by atoms with Gasteiger partial charge in [-0.1, -0.05) is 11.6 Å². The average Bonchev–Trinajstić information content (AvgIpc) is 3.18. The Bertz CT molecular complexity index is 886. The van der Waals surface area contributed by atoms with Crippen LogP contribution in [0.25, 0.3) is 10.9 Å². The minimum absolute atomic E-state index is 0. The molecule has 140 valence electrons. The second-order valence-electron chi connectivity index (χ2n) is 5.88. The molecule has 0 aliphatic rings. The predicted molar refractivity (Wildman–Crippen MR) is 116 cm³/mol. The van der Waals surface area contributed by atoms with Crippen LogP contribution >= 0.6 is 35.6 Å². The highest BCUT2D eigenvalue weighted by Gasteiger charge is 2.10. The summed E-state index contributed by atoms with van der Waals surface area (Å²) in [6, 6.07) is 5.89. The fourth-order valence-corrected chi connectivity index (χ4v) is 2.97. The van der Waals surface area contributed by atoms with E-state index in [1.807, 2.05) is 43.4 Å². The summed E-state index contributed by atoms with van der Waals surface area (Å²) < 4.78 is 1.76. The number of guanidine groups is 1. The van der Waals surface area contributed by atoms with E-state index in [2.05, 4.69) is 25.4 Å². The summed E-state index contributed by atoms with van der Waals surface area (Å²) in [5.74, 6) is 1.71. The molecule has 2 N–H and O–H groups in total. The van der Waals surface area contributed by atoms with Gasteiger partial charge in [0.15, 0.2) is 5.96 Å². The van der Waals surface area contributed by atoms with Crippen molar-refractivity contribution in [1.82, 2.24) is 30.0 Å². The Morgan fingerprint density at radius 2 is 2.23 bits per heavy atom. The first-order valence-electron chi connectivity index (χ1n) is 8.08. The van der Waals surface area contributed by atoms with Gasteiger partial charge in [0.05, 0.1) is 6.54 Å². The zero-order valence-electron chi connectivity index (χ0n) is 15.0. The molecule has 0 spiro atoms. The van der Waals surface area contributed by atoms with Crippen molar-refractivity contribution in [3.05, 3.63) is 47.1 Å². The van der Waals surface area contributed by atoms with Gasteiger partial charge >= 0.3 is 0 Å². The summed E-state index contributed by atoms with van der Waals surface area (Å²) in [6.45, 7) is 1.41. The maximum atomic E-state index is 6.11. The minimum atomic E-state index is 0. The molecule has 0 atom stereocenters. The van der Waals surface area contributed by atoms with Crippen LogP contribution in [0.4, 0.5) is 0 Å². The largest absolute Gasteiger partial charge is 0.361 e. The van der Waals surface area contributed by atoms with E-state index in [0.717, 1.165) is 40.7 Å². The highest BCUT2D eigenvalue weighted by atomic mass is 127. The first-order valence-corrected chi connectivity index (χ1v) is 8.46. The first-order chi connectivity index (χ1) is 12.1. The molecule has 0 saturated heterocycles. The van der Waals surface area contributed by atoms with Crippen molar-refractivity contribution in [2.75, 3.05) is 20.6 Å². The molecule has 3 aromatic rings. The fourth-order valence-electron chi connectivity index (χ4n) is 2.80. The molecule has 0 bridgehead atoms. The highest BCUT2D eigenvalue weighted by Crippen LogP contribution is 2.22. The Morgan fingerprint density at radius 3 is 2.92 bits per heavy atom. The lowest BCUT2D eigenvalue weighted by atomic mass is 10.1. The molecule has 0 aliphatic carbocycles. The van der Waals surface area contributed by atoms with Crippen LogP contribution in [-0.2, 0) is 20.0 Å². The number of H-pyrrole nitrogens is 1. The second-order valence-corrected chi connectivity index (χ2v) is 6.32. The van der Waals surface area contributed by atoms with Crippen LogP contribution in [0.3, 0.4) is 0 Å². The van der Waals surface area contributed by atoms with Gasteiger partial charge in [-0.25, -0.2) is 4.98 Å². The zero-order chi connectivity index (χ0) is 17.8. The molecule has 7 nitrogen and oxygen atoms in total. The molecule has 0 aliphatic heterocycles. The van der Waals surface area contributed by atoms with E-state index >= 15 is 0 Å². The van der Waals surface area contributed by atoms with E-state index < -0.39 is 0 Å². The van der Waals surface area contributed by atoms with Crippen LogP contribution in [0.2, 0.25) is 5.02 Å². The van der Waals surface area contributed by atoms with E-state index in [9.17, 15) is 0 Å². The molecule has 2 aromatic heterocycles. The minimum Gasteiger partial charge on any atom is -0.361 e. The number of nitrogens with zero attached hydrogens (tertiary/aromatic N) is 5. The second kappa shape index (κ2) is 9.22. The van der Waals surface area contributed by atoms with Gasteiger partial charge in [-0.3, -0.25) is 9.67 Å². The smallest absolute Gasteiger partial charge is 0.193 e. The van der Waals surface area contributed by atoms with Crippen LogP contribution in [-0.4, -0.2) is 51.2 Å². The van der Waals surface area contributed by atoms with Crippen molar-refractivity contribution < 1.29 is 0 Å². The molecular weight excluding hydrogens is 465 g/mol. The van der Waals surface area contributed by atoms with Gasteiger partial charge in [0, 0.05) is 49.8 Å². The molecule has 1 aromatic carbocycles. The number of aromatic amines is 1. The van der Waals surface area contributed by atoms with Crippen LogP contribution in [0.5, 0.6) is 0 Å². The molecule has 0 radical (unpaired) electrons. The molecule has 9 heteroatoms. The molecular formula is C17H23ClIN7. The van der Waals surface area contributed by atoms with Crippen molar-refractivity contribution in [1.29, 1.82) is 0 Å². The summed E-state index contributed by atoms with van der Waals surface area (Å²) in [7, 11) is 5.64. The number of fused-ring (bicyclic) bond motifs is 1. The predicted octanol–water partition coefficient (Wildman–Crippen LogP) is 2.82. The van der Waals surface area contributed by atoms with Gasteiger partial charge in [0.25, 0.3) is 0 Å². The Morgan fingerprint density at radius 1 is 1.42 bits per heavy atom. The summed E-state index contributed by atoms with van der Waals surface area (Å²) in [6.07, 6.45) is 4.47. The van der Waals surface area contributed by atoms with Gasteiger partial charge in [0.2, 0.25) is 0 Å². The number of hydrogen-bond donors (Lipinski definition) is 2. The Balaban J connectivity index is 0.00000243. The third kappa shape index (κ3) is 4.67. The number of benzene rings is 1. The third-order valence-electron chi connectivity index (χ3n) is 4.16. The highest BCUT2D eigenvalue weighted by molar-refractivity contribution is 14.0. The number of rotatable bonds is 5. The molecule has 0 unspecified atom stereocenters. The monoisotopic (exact) mass is 487 g/mol. The van der Waals surface area contributed by atoms with E-state index in [1.54, 1.807) is 18.1 Å². The number of halogens is 2. The van der Waals surface area contributed by atoms with E-state index in [1.165, 1.54) is 5.56 Å². The van der Waals surface area contributed by atoms with Crippen molar-refractivity contribution in [2.45, 2.75) is 13.0 Å². The van der Waals surface area contributed by atoms with Crippen LogP contribution in [0.1, 0.15) is 11.4 Å². The zero-order valence-corrected chi connectivity index (χ0v) is 18.1. The lowest BCUT2D eigenvalue weighted by molar-refractivity contribution is 0.449. The van der Waals surface area contributed by atoms with Gasteiger partial charge in [-0.15, -0.1) is 24.0 Å². The topological polar surface area (TPSA) is 74.1 Å². The van der Waals surface area contributed by atoms with Crippen molar-refractivity contribution in [3.8, 4) is 0 Å². The molecule has 0 fully saturated rings.